The molecule has 0 saturated heterocycles. The largest absolute Gasteiger partial charge is 0.481 e. The van der Waals surface area contributed by atoms with Crippen LogP contribution in [0.15, 0.2) is 41.8 Å². The van der Waals surface area contributed by atoms with Crippen LogP contribution in [0.5, 0.6) is 0 Å². The molecule has 1 aromatic rings. The van der Waals surface area contributed by atoms with Gasteiger partial charge in [0.05, 0.1) is 18.9 Å². The number of aliphatic carboxylic acids is 2. The van der Waals surface area contributed by atoms with Gasteiger partial charge in [-0.25, -0.2) is 13.2 Å². The summed E-state index contributed by atoms with van der Waals surface area (Å²) in [5.74, 6) is -5.10. The highest BCUT2D eigenvalue weighted by atomic mass is 32.2. The number of benzene rings is 1. The van der Waals surface area contributed by atoms with Crippen LogP contribution in [-0.2, 0) is 40.4 Å². The Morgan fingerprint density at radius 1 is 0.919 bits per heavy atom. The highest BCUT2D eigenvalue weighted by molar-refractivity contribution is 7.93. The van der Waals surface area contributed by atoms with Crippen LogP contribution >= 0.6 is 0 Å². The normalized spacial score (nSPS) is 13.8. The molecule has 0 saturated carbocycles. The molecule has 0 aromatic heterocycles. The average Bonchev–Trinajstić information content (AvgIpc) is 2.78. The lowest BCUT2D eigenvalue weighted by molar-refractivity contribution is -0.140. The Balaban J connectivity index is 2.94. The van der Waals surface area contributed by atoms with Gasteiger partial charge in [-0.1, -0.05) is 50.3 Å². The van der Waals surface area contributed by atoms with Crippen molar-refractivity contribution in [1.29, 1.82) is 0 Å². The van der Waals surface area contributed by atoms with Crippen LogP contribution in [0, 0.1) is 5.92 Å². The van der Waals surface area contributed by atoms with E-state index in [0.717, 1.165) is 17.7 Å². The predicted molar refractivity (Wildman–Crippen MR) is 131 cm³/mol. The summed E-state index contributed by atoms with van der Waals surface area (Å²) in [7, 11) is -3.61. The van der Waals surface area contributed by atoms with Crippen LogP contribution in [-0.4, -0.2) is 72.9 Å². The van der Waals surface area contributed by atoms with Crippen LogP contribution in [0.3, 0.4) is 0 Å². The number of ether oxygens (including phenoxy) is 1. The monoisotopic (exact) mass is 541 g/mol. The van der Waals surface area contributed by atoms with Crippen molar-refractivity contribution in [2.24, 2.45) is 5.92 Å². The number of amides is 3. The van der Waals surface area contributed by atoms with Crippen molar-refractivity contribution in [3.63, 3.8) is 0 Å². The summed E-state index contributed by atoms with van der Waals surface area (Å²) in [4.78, 5) is 60.2. The first-order valence-corrected chi connectivity index (χ1v) is 13.0. The van der Waals surface area contributed by atoms with E-state index in [4.69, 9.17) is 14.9 Å². The highest BCUT2D eigenvalue weighted by Crippen LogP contribution is 2.07. The minimum Gasteiger partial charge on any atom is -0.481 e. The maximum atomic E-state index is 12.8. The molecule has 0 aliphatic rings. The van der Waals surface area contributed by atoms with Crippen molar-refractivity contribution in [3.05, 3.63) is 47.4 Å². The zero-order valence-electron chi connectivity index (χ0n) is 20.5. The number of rotatable bonds is 14. The summed E-state index contributed by atoms with van der Waals surface area (Å²) < 4.78 is 27.8. The molecule has 0 aliphatic heterocycles. The molecule has 0 fully saturated rings. The molecule has 5 N–H and O–H groups in total. The van der Waals surface area contributed by atoms with Crippen molar-refractivity contribution in [1.82, 2.24) is 16.0 Å². The first-order valence-electron chi connectivity index (χ1n) is 11.1. The second kappa shape index (κ2) is 14.6. The van der Waals surface area contributed by atoms with E-state index in [1.165, 1.54) is 0 Å². The van der Waals surface area contributed by atoms with Crippen molar-refractivity contribution in [3.8, 4) is 0 Å². The lowest BCUT2D eigenvalue weighted by atomic mass is 10.0. The summed E-state index contributed by atoms with van der Waals surface area (Å²) in [6.07, 6.45) is -0.605. The van der Waals surface area contributed by atoms with Gasteiger partial charge in [-0.2, -0.15) is 0 Å². The van der Waals surface area contributed by atoms with E-state index in [-0.39, 0.29) is 6.61 Å². The Hall–Kier alpha value is -3.94. The summed E-state index contributed by atoms with van der Waals surface area (Å²) in [6.45, 7) is 3.00. The molecule has 0 spiro atoms. The second-order valence-corrected chi connectivity index (χ2v) is 10.4. The quantitative estimate of drug-likeness (QED) is 0.219. The Morgan fingerprint density at radius 3 is 2.03 bits per heavy atom. The van der Waals surface area contributed by atoms with Crippen LogP contribution in [0.25, 0.3) is 0 Å². The Kier molecular flexibility index (Phi) is 12.3. The third kappa shape index (κ3) is 13.1. The van der Waals surface area contributed by atoms with Gasteiger partial charge >= 0.3 is 18.0 Å². The number of carbonyl (C=O) groups is 5. The number of hydrogen-bond donors (Lipinski definition) is 5. The smallest absolute Gasteiger partial charge is 0.408 e. The van der Waals surface area contributed by atoms with Gasteiger partial charge in [-0.15, -0.1) is 0 Å². The van der Waals surface area contributed by atoms with Crippen molar-refractivity contribution in [2.75, 3.05) is 6.26 Å². The molecule has 0 heterocycles. The second-order valence-electron chi connectivity index (χ2n) is 8.46. The molecule has 0 aliphatic carbocycles. The number of alkyl carbamates (subject to hydrolysis) is 1. The zero-order chi connectivity index (χ0) is 28.2. The number of hydrogen-bond acceptors (Lipinski definition) is 8. The van der Waals surface area contributed by atoms with Crippen molar-refractivity contribution in [2.45, 2.75) is 51.4 Å². The molecule has 3 amide bonds. The van der Waals surface area contributed by atoms with E-state index in [1.807, 2.05) is 0 Å². The number of nitrogens with one attached hydrogen (secondary N) is 3. The van der Waals surface area contributed by atoms with E-state index in [1.54, 1.807) is 44.2 Å². The third-order valence-corrected chi connectivity index (χ3v) is 5.38. The van der Waals surface area contributed by atoms with Crippen LogP contribution in [0.1, 0.15) is 32.3 Å². The van der Waals surface area contributed by atoms with E-state index in [9.17, 15) is 32.4 Å². The van der Waals surface area contributed by atoms with E-state index < -0.39 is 76.6 Å². The molecule has 13 nitrogen and oxygen atoms in total. The van der Waals surface area contributed by atoms with Gasteiger partial charge in [0.25, 0.3) is 0 Å². The molecule has 14 heteroatoms. The van der Waals surface area contributed by atoms with Crippen molar-refractivity contribution >= 4 is 39.7 Å². The third-order valence-electron chi connectivity index (χ3n) is 4.73. The zero-order valence-corrected chi connectivity index (χ0v) is 21.4. The van der Waals surface area contributed by atoms with Crippen LogP contribution < -0.4 is 16.0 Å². The molecule has 0 radical (unpaired) electrons. The standard InChI is InChI=1S/C23H31N3O10S/c1-14(2)20(22(32)24-16(11-18(27)28)9-10-37(3,34)35)26-21(31)17(12-19(29)30)25-23(33)36-13-15-7-5-4-6-8-15/h4-10,14,16-17,20H,11-13H2,1-3H3,(H,24,32)(H,25,33)(H,26,31)(H,27,28)(H,29,30). The lowest BCUT2D eigenvalue weighted by Gasteiger charge is -2.26. The van der Waals surface area contributed by atoms with Gasteiger partial charge in [0.1, 0.15) is 18.7 Å². The molecule has 1 aromatic carbocycles. The molecule has 0 bridgehead atoms. The summed E-state index contributed by atoms with van der Waals surface area (Å²) in [5, 5.41) is 25.9. The summed E-state index contributed by atoms with van der Waals surface area (Å²) in [5.41, 5.74) is 0.661. The SMILES string of the molecule is CC(C)C(NC(=O)C(CC(=O)O)NC(=O)OCc1ccccc1)C(=O)NC(C=CS(C)(=O)=O)CC(=O)O. The number of carbonyl (C=O) groups excluding carboxylic acids is 3. The lowest BCUT2D eigenvalue weighted by Crippen LogP contribution is -2.57. The number of carboxylic acids is 2. The van der Waals surface area contributed by atoms with Crippen molar-refractivity contribution < 1.29 is 47.3 Å². The summed E-state index contributed by atoms with van der Waals surface area (Å²) >= 11 is 0. The minimum absolute atomic E-state index is 0.128. The van der Waals surface area contributed by atoms with Gasteiger partial charge in [0.15, 0.2) is 9.84 Å². The van der Waals surface area contributed by atoms with E-state index in [0.29, 0.717) is 5.56 Å². The fraction of sp³-hybridized carbons (Fsp3) is 0.435. The van der Waals surface area contributed by atoms with Crippen LogP contribution in [0.2, 0.25) is 0 Å². The summed E-state index contributed by atoms with van der Waals surface area (Å²) in [6, 6.07) is 4.55. The maximum absolute atomic E-state index is 12.8. The fourth-order valence-electron chi connectivity index (χ4n) is 2.95. The number of carboxylic acid groups (broad SMARTS) is 2. The van der Waals surface area contributed by atoms with E-state index >= 15 is 0 Å². The average molecular weight is 542 g/mol. The first-order chi connectivity index (χ1) is 17.2. The maximum Gasteiger partial charge on any atom is 0.408 e. The van der Waals surface area contributed by atoms with Gasteiger partial charge in [0, 0.05) is 11.7 Å². The molecule has 204 valence electrons. The molecule has 3 atom stereocenters. The van der Waals surface area contributed by atoms with Gasteiger partial charge in [-0.05, 0) is 11.5 Å². The van der Waals surface area contributed by atoms with Crippen LogP contribution in [0.4, 0.5) is 4.79 Å². The van der Waals surface area contributed by atoms with Gasteiger partial charge in [0.2, 0.25) is 11.8 Å². The molecule has 37 heavy (non-hydrogen) atoms. The van der Waals surface area contributed by atoms with E-state index in [2.05, 4.69) is 16.0 Å². The molecular formula is C23H31N3O10S. The Bertz CT molecular complexity index is 1100. The first kappa shape index (κ1) is 31.1. The van der Waals surface area contributed by atoms with Gasteiger partial charge in [-0.3, -0.25) is 19.2 Å². The molecule has 3 unspecified atom stereocenters. The Labute approximate surface area is 214 Å². The number of sulfone groups is 1. The fourth-order valence-corrected chi connectivity index (χ4v) is 3.42. The topological polar surface area (TPSA) is 205 Å². The Morgan fingerprint density at radius 2 is 1.51 bits per heavy atom. The molecular weight excluding hydrogens is 510 g/mol. The predicted octanol–water partition coefficient (Wildman–Crippen LogP) is 0.415. The van der Waals surface area contributed by atoms with Gasteiger partial charge < -0.3 is 30.9 Å². The highest BCUT2D eigenvalue weighted by Gasteiger charge is 2.31. The molecule has 1 rings (SSSR count). The minimum atomic E-state index is -3.61.